The molecule has 1 N–H and O–H groups in total. The molecule has 1 aliphatic heterocycles. The van der Waals surface area contributed by atoms with Crippen molar-refractivity contribution in [3.63, 3.8) is 0 Å². The van der Waals surface area contributed by atoms with Gasteiger partial charge in [0.2, 0.25) is 10.0 Å². The first kappa shape index (κ1) is 19.2. The van der Waals surface area contributed by atoms with Gasteiger partial charge in [-0.1, -0.05) is 35.5 Å². The fraction of sp³-hybridized carbons (Fsp3) is 0.238. The van der Waals surface area contributed by atoms with Crippen molar-refractivity contribution >= 4 is 27.3 Å². The Morgan fingerprint density at radius 3 is 2.72 bits per heavy atom. The molecule has 29 heavy (non-hydrogen) atoms. The van der Waals surface area contributed by atoms with E-state index in [4.69, 9.17) is 4.52 Å². The summed E-state index contributed by atoms with van der Waals surface area (Å²) in [6.45, 7) is 2.12. The van der Waals surface area contributed by atoms with E-state index in [-0.39, 0.29) is 17.4 Å². The third kappa shape index (κ3) is 3.88. The Bertz CT molecular complexity index is 1140. The number of benzene rings is 2. The molecule has 7 nitrogen and oxygen atoms in total. The van der Waals surface area contributed by atoms with Crippen LogP contribution in [0.25, 0.3) is 11.3 Å². The molecule has 1 aliphatic rings. The van der Waals surface area contributed by atoms with Gasteiger partial charge in [0.25, 0.3) is 5.91 Å². The van der Waals surface area contributed by atoms with Crippen LogP contribution in [0.4, 0.5) is 11.4 Å². The van der Waals surface area contributed by atoms with E-state index in [0.29, 0.717) is 23.7 Å². The topological polar surface area (TPSA) is 92.5 Å². The highest BCUT2D eigenvalue weighted by Gasteiger charge is 2.26. The van der Waals surface area contributed by atoms with Gasteiger partial charge in [0.15, 0.2) is 11.5 Å². The van der Waals surface area contributed by atoms with Crippen molar-refractivity contribution in [1.29, 1.82) is 0 Å². The molecule has 0 spiro atoms. The second-order valence-electron chi connectivity index (χ2n) is 6.82. The van der Waals surface area contributed by atoms with Crippen molar-refractivity contribution in [2.24, 2.45) is 0 Å². The van der Waals surface area contributed by atoms with Gasteiger partial charge in [-0.25, -0.2) is 8.42 Å². The van der Waals surface area contributed by atoms with Gasteiger partial charge >= 0.3 is 0 Å². The average molecular weight is 411 g/mol. The Kier molecular flexibility index (Phi) is 5.10. The number of nitrogens with one attached hydrogen (secondary N) is 1. The molecule has 4 rings (SSSR count). The Morgan fingerprint density at radius 2 is 1.97 bits per heavy atom. The van der Waals surface area contributed by atoms with Gasteiger partial charge in [0.1, 0.15) is 0 Å². The molecule has 0 aliphatic carbocycles. The van der Waals surface area contributed by atoms with Crippen LogP contribution < -0.4 is 9.62 Å². The van der Waals surface area contributed by atoms with Gasteiger partial charge in [0.05, 0.1) is 11.4 Å². The third-order valence-electron chi connectivity index (χ3n) is 4.92. The third-order valence-corrected chi connectivity index (χ3v) is 6.70. The molecule has 0 atom stereocenters. The van der Waals surface area contributed by atoms with E-state index in [2.05, 4.69) is 10.5 Å². The minimum Gasteiger partial charge on any atom is -0.355 e. The van der Waals surface area contributed by atoms with E-state index in [0.717, 1.165) is 24.0 Å². The number of hydrogen-bond donors (Lipinski definition) is 1. The number of sulfonamides is 1. The SMILES string of the molecule is CCS(=O)(=O)N1CCCc2cc(NC(=O)c3cc(-c4ccccc4)on3)ccc21. The molecular formula is C21H21N3O4S. The number of anilines is 2. The van der Waals surface area contributed by atoms with Crippen LogP contribution in [0.15, 0.2) is 59.1 Å². The minimum absolute atomic E-state index is 0.0564. The van der Waals surface area contributed by atoms with Gasteiger partial charge in [-0.15, -0.1) is 0 Å². The second-order valence-corrected chi connectivity index (χ2v) is 9.00. The summed E-state index contributed by atoms with van der Waals surface area (Å²) in [4.78, 5) is 12.6. The van der Waals surface area contributed by atoms with E-state index in [1.807, 2.05) is 36.4 Å². The number of aromatic nitrogens is 1. The van der Waals surface area contributed by atoms with Crippen molar-refractivity contribution in [2.45, 2.75) is 19.8 Å². The lowest BCUT2D eigenvalue weighted by atomic mass is 10.0. The molecule has 0 bridgehead atoms. The van der Waals surface area contributed by atoms with Gasteiger partial charge < -0.3 is 9.84 Å². The molecular weight excluding hydrogens is 390 g/mol. The number of hydrogen-bond acceptors (Lipinski definition) is 5. The number of carbonyl (C=O) groups excluding carboxylic acids is 1. The fourth-order valence-electron chi connectivity index (χ4n) is 3.40. The molecule has 0 radical (unpaired) electrons. The summed E-state index contributed by atoms with van der Waals surface area (Å²) in [5.74, 6) is 0.187. The molecule has 150 valence electrons. The van der Waals surface area contributed by atoms with Crippen LogP contribution in [0, 0.1) is 0 Å². The zero-order valence-corrected chi connectivity index (χ0v) is 16.8. The first-order valence-corrected chi connectivity index (χ1v) is 11.1. The highest BCUT2D eigenvalue weighted by atomic mass is 32.2. The molecule has 2 heterocycles. The monoisotopic (exact) mass is 411 g/mol. The number of nitrogens with zero attached hydrogens (tertiary/aromatic N) is 2. The number of aryl methyl sites for hydroxylation is 1. The van der Waals surface area contributed by atoms with E-state index >= 15 is 0 Å². The van der Waals surface area contributed by atoms with Gasteiger partial charge in [-0.2, -0.15) is 0 Å². The van der Waals surface area contributed by atoms with E-state index < -0.39 is 10.0 Å². The lowest BCUT2D eigenvalue weighted by Gasteiger charge is -2.30. The van der Waals surface area contributed by atoms with Crippen LogP contribution in [0.2, 0.25) is 0 Å². The van der Waals surface area contributed by atoms with Crippen molar-refractivity contribution in [1.82, 2.24) is 5.16 Å². The number of rotatable bonds is 5. The van der Waals surface area contributed by atoms with Gasteiger partial charge in [-0.05, 0) is 43.5 Å². The summed E-state index contributed by atoms with van der Waals surface area (Å²) < 4.78 is 31.4. The first-order valence-electron chi connectivity index (χ1n) is 9.45. The number of fused-ring (bicyclic) bond motifs is 1. The molecule has 1 amide bonds. The maximum atomic E-state index is 12.6. The van der Waals surface area contributed by atoms with Crippen LogP contribution in [-0.2, 0) is 16.4 Å². The van der Waals surface area contributed by atoms with Crippen LogP contribution in [-0.4, -0.2) is 31.8 Å². The van der Waals surface area contributed by atoms with Crippen LogP contribution in [0.5, 0.6) is 0 Å². The van der Waals surface area contributed by atoms with Gasteiger partial charge in [0, 0.05) is 23.9 Å². The highest BCUT2D eigenvalue weighted by molar-refractivity contribution is 7.92. The van der Waals surface area contributed by atoms with Crippen molar-refractivity contribution in [3.05, 3.63) is 65.9 Å². The molecule has 8 heteroatoms. The number of amides is 1. The quantitative estimate of drug-likeness (QED) is 0.691. The molecule has 0 saturated carbocycles. The summed E-state index contributed by atoms with van der Waals surface area (Å²) in [5.41, 5.74) is 3.19. The molecule has 2 aromatic carbocycles. The highest BCUT2D eigenvalue weighted by Crippen LogP contribution is 2.32. The normalized spacial score (nSPS) is 13.8. The summed E-state index contributed by atoms with van der Waals surface area (Å²) in [6, 6.07) is 16.3. The maximum absolute atomic E-state index is 12.6. The Morgan fingerprint density at radius 1 is 1.17 bits per heavy atom. The fourth-order valence-corrected chi connectivity index (χ4v) is 4.60. The first-order chi connectivity index (χ1) is 14.0. The lowest BCUT2D eigenvalue weighted by Crippen LogP contribution is -2.36. The van der Waals surface area contributed by atoms with Crippen molar-refractivity contribution in [3.8, 4) is 11.3 Å². The molecule has 3 aromatic rings. The number of carbonyl (C=O) groups is 1. The average Bonchev–Trinajstić information content (AvgIpc) is 3.24. The zero-order chi connectivity index (χ0) is 20.4. The van der Waals surface area contributed by atoms with E-state index in [1.165, 1.54) is 4.31 Å². The largest absolute Gasteiger partial charge is 0.355 e. The van der Waals surface area contributed by atoms with E-state index in [9.17, 15) is 13.2 Å². The van der Waals surface area contributed by atoms with Crippen LogP contribution in [0.3, 0.4) is 0 Å². The maximum Gasteiger partial charge on any atom is 0.277 e. The van der Waals surface area contributed by atoms with E-state index in [1.54, 1.807) is 25.1 Å². The predicted molar refractivity (Wildman–Crippen MR) is 111 cm³/mol. The summed E-state index contributed by atoms with van der Waals surface area (Å²) in [6.07, 6.45) is 1.50. The molecule has 0 saturated heterocycles. The van der Waals surface area contributed by atoms with Crippen LogP contribution >= 0.6 is 0 Å². The summed E-state index contributed by atoms with van der Waals surface area (Å²) in [7, 11) is -3.31. The van der Waals surface area contributed by atoms with Crippen molar-refractivity contribution < 1.29 is 17.7 Å². The second kappa shape index (κ2) is 7.71. The lowest BCUT2D eigenvalue weighted by molar-refractivity contribution is 0.101. The standard InChI is InChI=1S/C21H21N3O4S/c1-2-29(26,27)24-12-6-9-16-13-17(10-11-19(16)24)22-21(25)18-14-20(28-23-18)15-7-4-3-5-8-15/h3-5,7-8,10-11,13-14H,2,6,9,12H2,1H3,(H,22,25). The summed E-state index contributed by atoms with van der Waals surface area (Å²) in [5, 5.41) is 6.67. The predicted octanol–water partition coefficient (Wildman–Crippen LogP) is 3.70. The molecule has 1 aromatic heterocycles. The smallest absolute Gasteiger partial charge is 0.277 e. The minimum atomic E-state index is -3.31. The van der Waals surface area contributed by atoms with Crippen LogP contribution in [0.1, 0.15) is 29.4 Å². The Labute approximate surface area is 169 Å². The molecule has 0 unspecified atom stereocenters. The zero-order valence-electron chi connectivity index (χ0n) is 16.0. The Balaban J connectivity index is 1.53. The summed E-state index contributed by atoms with van der Waals surface area (Å²) >= 11 is 0. The Hall–Kier alpha value is -3.13. The van der Waals surface area contributed by atoms with Gasteiger partial charge in [-0.3, -0.25) is 9.10 Å². The van der Waals surface area contributed by atoms with Crippen molar-refractivity contribution in [2.75, 3.05) is 21.9 Å². The molecule has 0 fully saturated rings.